The first-order valence-electron chi connectivity index (χ1n) is 7.12. The number of nitrogens with zero attached hydrogens (tertiary/aromatic N) is 3. The number of nitrogens with two attached hydrogens (primary N) is 1. The molecule has 0 bridgehead atoms. The van der Waals surface area contributed by atoms with Gasteiger partial charge in [-0.2, -0.15) is 10.4 Å². The van der Waals surface area contributed by atoms with E-state index in [2.05, 4.69) is 22.0 Å². The molecular formula is C16H18N4. The Labute approximate surface area is 118 Å². The Morgan fingerprint density at radius 2 is 2.05 bits per heavy atom. The molecule has 0 unspecified atom stereocenters. The summed E-state index contributed by atoms with van der Waals surface area (Å²) in [5, 5.41) is 13.7. The molecule has 4 heteroatoms. The van der Waals surface area contributed by atoms with Crippen molar-refractivity contribution in [2.75, 3.05) is 5.73 Å². The average molecular weight is 266 g/mol. The maximum atomic E-state index is 9.23. The normalized spacial score (nSPS) is 15.9. The SMILES string of the molecule is N#Cc1cc(N)ccc1-c1cnn(C2CCCCC2)c1. The Morgan fingerprint density at radius 3 is 2.80 bits per heavy atom. The number of nitrogen functional groups attached to an aromatic ring is 1. The molecule has 1 saturated carbocycles. The highest BCUT2D eigenvalue weighted by Gasteiger charge is 2.17. The molecule has 102 valence electrons. The average Bonchev–Trinajstić information content (AvgIpc) is 2.97. The summed E-state index contributed by atoms with van der Waals surface area (Å²) in [6.45, 7) is 0. The Bertz CT molecular complexity index is 645. The van der Waals surface area contributed by atoms with E-state index in [0.717, 1.165) is 11.1 Å². The predicted molar refractivity (Wildman–Crippen MR) is 78.9 cm³/mol. The molecule has 2 aromatic rings. The molecule has 1 heterocycles. The molecule has 2 N–H and O–H groups in total. The molecule has 1 fully saturated rings. The lowest BCUT2D eigenvalue weighted by Gasteiger charge is -2.21. The van der Waals surface area contributed by atoms with E-state index in [4.69, 9.17) is 5.73 Å². The minimum absolute atomic E-state index is 0.511. The van der Waals surface area contributed by atoms with E-state index in [-0.39, 0.29) is 0 Å². The number of anilines is 1. The third-order valence-corrected chi connectivity index (χ3v) is 4.03. The van der Waals surface area contributed by atoms with Crippen molar-refractivity contribution in [2.45, 2.75) is 38.1 Å². The predicted octanol–water partition coefficient (Wildman–Crippen LogP) is 3.51. The fourth-order valence-electron chi connectivity index (χ4n) is 2.93. The number of rotatable bonds is 2. The van der Waals surface area contributed by atoms with Crippen LogP contribution in [0.4, 0.5) is 5.69 Å². The van der Waals surface area contributed by atoms with Crippen LogP contribution in [-0.4, -0.2) is 9.78 Å². The Morgan fingerprint density at radius 1 is 1.25 bits per heavy atom. The topological polar surface area (TPSA) is 67.6 Å². The molecule has 0 amide bonds. The summed E-state index contributed by atoms with van der Waals surface area (Å²) in [7, 11) is 0. The second-order valence-corrected chi connectivity index (χ2v) is 5.42. The van der Waals surface area contributed by atoms with E-state index in [9.17, 15) is 5.26 Å². The second-order valence-electron chi connectivity index (χ2n) is 5.42. The van der Waals surface area contributed by atoms with Gasteiger partial charge in [-0.15, -0.1) is 0 Å². The fourth-order valence-corrected chi connectivity index (χ4v) is 2.93. The van der Waals surface area contributed by atoms with E-state index in [1.165, 1.54) is 32.1 Å². The zero-order valence-corrected chi connectivity index (χ0v) is 11.4. The Balaban J connectivity index is 1.92. The van der Waals surface area contributed by atoms with Gasteiger partial charge in [0.25, 0.3) is 0 Å². The summed E-state index contributed by atoms with van der Waals surface area (Å²) in [5.74, 6) is 0. The molecule has 1 aliphatic carbocycles. The third kappa shape index (κ3) is 2.39. The number of benzene rings is 1. The van der Waals surface area contributed by atoms with E-state index in [1.54, 1.807) is 6.07 Å². The van der Waals surface area contributed by atoms with Gasteiger partial charge in [0.05, 0.1) is 23.9 Å². The van der Waals surface area contributed by atoms with Crippen LogP contribution >= 0.6 is 0 Å². The standard InChI is InChI=1S/C16H18N4/c17-9-12-8-14(18)6-7-16(12)13-10-19-20(11-13)15-4-2-1-3-5-15/h6-8,10-11,15H,1-5,18H2. The number of hydrogen-bond acceptors (Lipinski definition) is 3. The zero-order valence-electron chi connectivity index (χ0n) is 11.4. The largest absolute Gasteiger partial charge is 0.399 e. The van der Waals surface area contributed by atoms with Gasteiger partial charge in [-0.3, -0.25) is 4.68 Å². The summed E-state index contributed by atoms with van der Waals surface area (Å²) in [5.41, 5.74) is 8.85. The van der Waals surface area contributed by atoms with Crippen LogP contribution < -0.4 is 5.73 Å². The van der Waals surface area contributed by atoms with Crippen molar-refractivity contribution in [1.29, 1.82) is 5.26 Å². The number of nitriles is 1. The van der Waals surface area contributed by atoms with E-state index >= 15 is 0 Å². The monoisotopic (exact) mass is 266 g/mol. The Hall–Kier alpha value is -2.28. The van der Waals surface area contributed by atoms with E-state index in [1.807, 2.05) is 18.3 Å². The van der Waals surface area contributed by atoms with Crippen LogP contribution in [0, 0.1) is 11.3 Å². The molecule has 0 saturated heterocycles. The van der Waals surface area contributed by atoms with E-state index < -0.39 is 0 Å². The van der Waals surface area contributed by atoms with Crippen molar-refractivity contribution in [2.24, 2.45) is 0 Å². The summed E-state index contributed by atoms with van der Waals surface area (Å²) in [4.78, 5) is 0. The van der Waals surface area contributed by atoms with Crippen LogP contribution in [0.5, 0.6) is 0 Å². The molecule has 0 radical (unpaired) electrons. The second kappa shape index (κ2) is 5.38. The van der Waals surface area contributed by atoms with Crippen molar-refractivity contribution in [3.8, 4) is 17.2 Å². The molecule has 20 heavy (non-hydrogen) atoms. The molecule has 3 rings (SSSR count). The van der Waals surface area contributed by atoms with Crippen LogP contribution in [0.3, 0.4) is 0 Å². The highest BCUT2D eigenvalue weighted by molar-refractivity contribution is 5.71. The van der Waals surface area contributed by atoms with Crippen molar-refractivity contribution >= 4 is 5.69 Å². The van der Waals surface area contributed by atoms with Crippen LogP contribution in [0.15, 0.2) is 30.6 Å². The van der Waals surface area contributed by atoms with Gasteiger partial charge in [0.15, 0.2) is 0 Å². The maximum Gasteiger partial charge on any atom is 0.0998 e. The third-order valence-electron chi connectivity index (χ3n) is 4.03. The summed E-state index contributed by atoms with van der Waals surface area (Å²) in [6.07, 6.45) is 10.2. The summed E-state index contributed by atoms with van der Waals surface area (Å²) < 4.78 is 2.06. The summed E-state index contributed by atoms with van der Waals surface area (Å²) in [6, 6.07) is 8.16. The molecule has 4 nitrogen and oxygen atoms in total. The van der Waals surface area contributed by atoms with Gasteiger partial charge in [0.2, 0.25) is 0 Å². The molecule has 0 aliphatic heterocycles. The molecule has 0 atom stereocenters. The molecular weight excluding hydrogens is 248 g/mol. The highest BCUT2D eigenvalue weighted by atomic mass is 15.3. The van der Waals surface area contributed by atoms with Gasteiger partial charge in [-0.05, 0) is 25.0 Å². The molecule has 0 spiro atoms. The highest BCUT2D eigenvalue weighted by Crippen LogP contribution is 2.30. The number of aromatic nitrogens is 2. The van der Waals surface area contributed by atoms with Crippen LogP contribution in [0.1, 0.15) is 43.7 Å². The fraction of sp³-hybridized carbons (Fsp3) is 0.375. The van der Waals surface area contributed by atoms with Gasteiger partial charge < -0.3 is 5.73 Å². The smallest absolute Gasteiger partial charge is 0.0998 e. The Kier molecular flexibility index (Phi) is 3.42. The van der Waals surface area contributed by atoms with E-state index in [0.29, 0.717) is 17.3 Å². The molecule has 1 aromatic carbocycles. The lowest BCUT2D eigenvalue weighted by Crippen LogP contribution is -2.12. The lowest BCUT2D eigenvalue weighted by molar-refractivity contribution is 0.329. The van der Waals surface area contributed by atoms with Crippen molar-refractivity contribution in [3.05, 3.63) is 36.2 Å². The van der Waals surface area contributed by atoms with Gasteiger partial charge in [0, 0.05) is 23.0 Å². The molecule has 1 aromatic heterocycles. The van der Waals surface area contributed by atoms with Gasteiger partial charge in [-0.1, -0.05) is 25.3 Å². The van der Waals surface area contributed by atoms with Gasteiger partial charge >= 0.3 is 0 Å². The first-order valence-corrected chi connectivity index (χ1v) is 7.12. The van der Waals surface area contributed by atoms with Gasteiger partial charge in [0.1, 0.15) is 0 Å². The van der Waals surface area contributed by atoms with Crippen LogP contribution in [-0.2, 0) is 0 Å². The minimum atomic E-state index is 0.511. The first kappa shape index (κ1) is 12.7. The van der Waals surface area contributed by atoms with Crippen molar-refractivity contribution in [1.82, 2.24) is 9.78 Å². The van der Waals surface area contributed by atoms with Gasteiger partial charge in [-0.25, -0.2) is 0 Å². The maximum absolute atomic E-state index is 9.23. The van der Waals surface area contributed by atoms with Crippen LogP contribution in [0.25, 0.3) is 11.1 Å². The van der Waals surface area contributed by atoms with Crippen molar-refractivity contribution < 1.29 is 0 Å². The van der Waals surface area contributed by atoms with Crippen molar-refractivity contribution in [3.63, 3.8) is 0 Å². The lowest BCUT2D eigenvalue weighted by atomic mass is 9.95. The molecule has 1 aliphatic rings. The minimum Gasteiger partial charge on any atom is -0.399 e. The van der Waals surface area contributed by atoms with Crippen LogP contribution in [0.2, 0.25) is 0 Å². The summed E-state index contributed by atoms with van der Waals surface area (Å²) >= 11 is 0. The zero-order chi connectivity index (χ0) is 13.9. The number of hydrogen-bond donors (Lipinski definition) is 1. The first-order chi connectivity index (χ1) is 9.78. The quantitative estimate of drug-likeness (QED) is 0.846.